The number of aliphatic hydroxyl groups is 2. The smallest absolute Gasteiger partial charge is 0.342 e. The number of benzene rings is 1. The van der Waals surface area contributed by atoms with Crippen molar-refractivity contribution in [3.63, 3.8) is 0 Å². The van der Waals surface area contributed by atoms with Crippen molar-refractivity contribution in [2.45, 2.75) is 144 Å². The summed E-state index contributed by atoms with van der Waals surface area (Å²) in [6, 6.07) is 5.97. The lowest BCUT2D eigenvalue weighted by Crippen LogP contribution is -2.62. The third-order valence-electron chi connectivity index (χ3n) is 13.9. The SMILES string of the molecule is CC[C@@H]1C2C[C@H](O)CC[C@]2(C)[C@H]2CC[C@]3(C)[C@@H]([C@H](C)CCC(=O)OCc4ccc(OP(=O)(COC)N[C@@H](C)C(=O)OC(C)C)cc4)CC[C@H]3[C@@H]2[C@@H]1O. The second kappa shape index (κ2) is 16.8. The third kappa shape index (κ3) is 8.62. The van der Waals surface area contributed by atoms with Gasteiger partial charge in [-0.3, -0.25) is 14.2 Å². The van der Waals surface area contributed by atoms with Crippen molar-refractivity contribution in [2.75, 3.05) is 13.5 Å². The Hall–Kier alpha value is -1.97. The van der Waals surface area contributed by atoms with Gasteiger partial charge >= 0.3 is 19.5 Å². The average Bonchev–Trinajstić information content (AvgIpc) is 3.44. The standard InChI is InChI=1S/C41H66NO9P/c1-9-31-35-22-29(43)18-20-41(35,7)34-19-21-40(6)32(15-16-33(40)37(34)38(31)45)26(4)10-17-36(44)49-23-28-11-13-30(14-12-28)51-52(47,24-48-8)42-27(5)39(46)50-25(2)3/h11-14,25-27,29,31-35,37-38,43,45H,9-10,15-24H2,1-8H3,(H,42,47)/t26-,27+,29-,31-,32-,33+,34+,35?,37+,38-,40-,41-,52?/m1/s1. The monoisotopic (exact) mass is 747 g/mol. The molecular formula is C41H66NO9P. The maximum Gasteiger partial charge on any atom is 0.342 e. The van der Waals surface area contributed by atoms with E-state index in [0.717, 1.165) is 56.9 Å². The summed E-state index contributed by atoms with van der Waals surface area (Å²) in [5.74, 6) is 2.44. The number of methoxy groups -OCH3 is 1. The van der Waals surface area contributed by atoms with Crippen LogP contribution >= 0.6 is 7.52 Å². The normalized spacial score (nSPS) is 36.4. The molecule has 294 valence electrons. The summed E-state index contributed by atoms with van der Waals surface area (Å²) in [5.41, 5.74) is 1.13. The molecule has 10 nitrogen and oxygen atoms in total. The third-order valence-corrected chi connectivity index (χ3v) is 15.8. The molecule has 0 radical (unpaired) electrons. The van der Waals surface area contributed by atoms with E-state index in [9.17, 15) is 24.4 Å². The quantitative estimate of drug-likeness (QED) is 0.120. The Labute approximate surface area is 312 Å². The zero-order chi connectivity index (χ0) is 38.0. The molecule has 11 heteroatoms. The fourth-order valence-electron chi connectivity index (χ4n) is 11.5. The number of hydrogen-bond donors (Lipinski definition) is 3. The number of carbonyl (C=O) groups is 2. The van der Waals surface area contributed by atoms with Gasteiger partial charge in [0.15, 0.2) is 0 Å². The van der Waals surface area contributed by atoms with Crippen molar-refractivity contribution in [2.24, 2.45) is 52.3 Å². The van der Waals surface area contributed by atoms with Gasteiger partial charge in [-0.1, -0.05) is 46.2 Å². The van der Waals surface area contributed by atoms with Gasteiger partial charge in [0.1, 0.15) is 24.7 Å². The molecule has 4 aliphatic rings. The van der Waals surface area contributed by atoms with E-state index in [-0.39, 0.29) is 54.0 Å². The van der Waals surface area contributed by atoms with Gasteiger partial charge in [-0.25, -0.2) is 5.09 Å². The number of hydrogen-bond acceptors (Lipinski definition) is 9. The van der Waals surface area contributed by atoms with Crippen LogP contribution in [0.4, 0.5) is 0 Å². The summed E-state index contributed by atoms with van der Waals surface area (Å²) < 4.78 is 35.2. The van der Waals surface area contributed by atoms with Crippen LogP contribution in [0.1, 0.15) is 118 Å². The summed E-state index contributed by atoms with van der Waals surface area (Å²) in [6.07, 6.45) is 8.42. The molecule has 2 unspecified atom stereocenters. The van der Waals surface area contributed by atoms with Crippen LogP contribution in [0.3, 0.4) is 0 Å². The van der Waals surface area contributed by atoms with Crippen LogP contribution < -0.4 is 9.61 Å². The molecule has 0 aliphatic heterocycles. The van der Waals surface area contributed by atoms with Gasteiger partial charge in [0, 0.05) is 13.5 Å². The first-order valence-electron chi connectivity index (χ1n) is 19.9. The summed E-state index contributed by atoms with van der Waals surface area (Å²) in [4.78, 5) is 25.2. The maximum absolute atomic E-state index is 13.4. The van der Waals surface area contributed by atoms with E-state index in [1.807, 2.05) is 0 Å². The van der Waals surface area contributed by atoms with Crippen molar-refractivity contribution >= 4 is 19.5 Å². The molecule has 3 N–H and O–H groups in total. The molecule has 52 heavy (non-hydrogen) atoms. The number of fused-ring (bicyclic) bond motifs is 5. The topological polar surface area (TPSA) is 141 Å². The molecule has 5 rings (SSSR count). The minimum atomic E-state index is -3.59. The lowest BCUT2D eigenvalue weighted by atomic mass is 9.41. The highest BCUT2D eigenvalue weighted by atomic mass is 31.2. The van der Waals surface area contributed by atoms with Crippen LogP contribution in [-0.4, -0.2) is 60.0 Å². The average molecular weight is 748 g/mol. The summed E-state index contributed by atoms with van der Waals surface area (Å²) in [5, 5.41) is 25.3. The van der Waals surface area contributed by atoms with Gasteiger partial charge < -0.3 is 28.9 Å². The van der Waals surface area contributed by atoms with Crippen molar-refractivity contribution in [3.8, 4) is 5.75 Å². The fraction of sp³-hybridized carbons (Fsp3) is 0.805. The van der Waals surface area contributed by atoms with Gasteiger partial charge in [0.05, 0.1) is 18.3 Å². The second-order valence-electron chi connectivity index (χ2n) is 17.5. The van der Waals surface area contributed by atoms with Crippen LogP contribution in [0.15, 0.2) is 24.3 Å². The molecule has 0 saturated heterocycles. The van der Waals surface area contributed by atoms with Gasteiger partial charge in [0.25, 0.3) is 0 Å². The Bertz CT molecular complexity index is 1420. The highest BCUT2D eigenvalue weighted by molar-refractivity contribution is 7.57. The van der Waals surface area contributed by atoms with Crippen LogP contribution in [-0.2, 0) is 35.0 Å². The molecule has 13 atom stereocenters. The summed E-state index contributed by atoms with van der Waals surface area (Å²) in [6.45, 7) is 14.7. The first-order chi connectivity index (χ1) is 24.5. The molecule has 0 bridgehead atoms. The number of carbonyl (C=O) groups excluding carboxylic acids is 2. The molecule has 0 aromatic heterocycles. The zero-order valence-electron chi connectivity index (χ0n) is 32.8. The molecule has 4 saturated carbocycles. The highest BCUT2D eigenvalue weighted by Crippen LogP contribution is 2.69. The van der Waals surface area contributed by atoms with Crippen LogP contribution in [0.5, 0.6) is 5.75 Å². The van der Waals surface area contributed by atoms with Gasteiger partial charge in [-0.2, -0.15) is 0 Å². The Balaban J connectivity index is 1.12. The molecule has 4 aliphatic carbocycles. The van der Waals surface area contributed by atoms with Crippen molar-refractivity contribution in [1.82, 2.24) is 5.09 Å². The number of rotatable bonds is 15. The van der Waals surface area contributed by atoms with E-state index in [4.69, 9.17) is 18.7 Å². The minimum absolute atomic E-state index is 0.124. The minimum Gasteiger partial charge on any atom is -0.462 e. The lowest BCUT2D eigenvalue weighted by Gasteiger charge is -2.64. The second-order valence-corrected chi connectivity index (χ2v) is 19.5. The van der Waals surface area contributed by atoms with Gasteiger partial charge in [-0.15, -0.1) is 0 Å². The number of nitrogens with one attached hydrogen (secondary N) is 1. The molecule has 1 aromatic rings. The molecule has 0 amide bonds. The Morgan fingerprint density at radius 3 is 2.29 bits per heavy atom. The molecular weight excluding hydrogens is 681 g/mol. The summed E-state index contributed by atoms with van der Waals surface area (Å²) in [7, 11) is -2.18. The van der Waals surface area contributed by atoms with E-state index >= 15 is 0 Å². The van der Waals surface area contributed by atoms with Crippen LogP contribution in [0.2, 0.25) is 0 Å². The van der Waals surface area contributed by atoms with Crippen molar-refractivity contribution < 1.29 is 43.1 Å². The van der Waals surface area contributed by atoms with Gasteiger partial charge in [-0.05, 0) is 142 Å². The Morgan fingerprint density at radius 2 is 1.63 bits per heavy atom. The van der Waals surface area contributed by atoms with Gasteiger partial charge in [0.2, 0.25) is 0 Å². The Morgan fingerprint density at radius 1 is 0.962 bits per heavy atom. The fourth-order valence-corrected chi connectivity index (χ4v) is 13.2. The first kappa shape index (κ1) is 41.2. The van der Waals surface area contributed by atoms with Crippen LogP contribution in [0, 0.1) is 52.3 Å². The van der Waals surface area contributed by atoms with E-state index in [1.54, 1.807) is 45.0 Å². The van der Waals surface area contributed by atoms with Crippen LogP contribution in [0.25, 0.3) is 0 Å². The molecule has 4 fully saturated rings. The highest BCUT2D eigenvalue weighted by Gasteiger charge is 2.64. The van der Waals surface area contributed by atoms with Crippen molar-refractivity contribution in [1.29, 1.82) is 0 Å². The number of ether oxygens (including phenoxy) is 3. The first-order valence-corrected chi connectivity index (χ1v) is 21.7. The molecule has 0 heterocycles. The van der Waals surface area contributed by atoms with E-state index in [1.165, 1.54) is 13.5 Å². The number of aliphatic hydroxyl groups excluding tert-OH is 2. The largest absolute Gasteiger partial charge is 0.462 e. The van der Waals surface area contributed by atoms with E-state index < -0.39 is 19.5 Å². The van der Waals surface area contributed by atoms with Crippen molar-refractivity contribution in [3.05, 3.63) is 29.8 Å². The van der Waals surface area contributed by atoms with E-state index in [0.29, 0.717) is 47.7 Å². The predicted octanol–water partition coefficient (Wildman–Crippen LogP) is 7.88. The Kier molecular flexibility index (Phi) is 13.3. The number of esters is 2. The predicted molar refractivity (Wildman–Crippen MR) is 200 cm³/mol. The molecule has 0 spiro atoms. The molecule has 1 aromatic carbocycles. The summed E-state index contributed by atoms with van der Waals surface area (Å²) >= 11 is 0. The maximum atomic E-state index is 13.4. The lowest BCUT2D eigenvalue weighted by molar-refractivity contribution is -0.203. The zero-order valence-corrected chi connectivity index (χ0v) is 33.7. The van der Waals surface area contributed by atoms with E-state index in [2.05, 4.69) is 32.8 Å².